The first-order chi connectivity index (χ1) is 24.7. The molecule has 0 N–H and O–H groups in total. The second-order valence-corrected chi connectivity index (χ2v) is 15.3. The maximum Gasteiger partial charge on any atom is 0.0440 e. The third-order valence-electron chi connectivity index (χ3n) is 10.1. The molecule has 0 amide bonds. The summed E-state index contributed by atoms with van der Waals surface area (Å²) < 4.78 is 5.35. The Bertz CT molecular complexity index is 2840. The fourth-order valence-electron chi connectivity index (χ4n) is 7.59. The van der Waals surface area contributed by atoms with Crippen molar-refractivity contribution in [1.29, 1.82) is 0 Å². The lowest BCUT2D eigenvalue weighted by Crippen LogP contribution is -2.29. The molecule has 9 rings (SSSR count). The molecule has 2 heterocycles. The van der Waals surface area contributed by atoms with Gasteiger partial charge in [-0.05, 0) is 87.6 Å². The highest BCUT2D eigenvalue weighted by atomic mass is 32.1. The summed E-state index contributed by atoms with van der Waals surface area (Å²) in [5.41, 5.74) is 7.03. The highest BCUT2D eigenvalue weighted by Gasteiger charge is 2.19. The summed E-state index contributed by atoms with van der Waals surface area (Å²) in [6.07, 6.45) is 24.2. The predicted molar refractivity (Wildman–Crippen MR) is 223 cm³/mol. The molecule has 2 aromatic heterocycles. The summed E-state index contributed by atoms with van der Waals surface area (Å²) >= 11 is 3.83. The van der Waals surface area contributed by atoms with Crippen molar-refractivity contribution in [3.8, 4) is 0 Å². The average molecular weight is 677 g/mol. The fourth-order valence-corrected chi connectivity index (χ4v) is 10.1. The van der Waals surface area contributed by atoms with E-state index in [2.05, 4.69) is 159 Å². The van der Waals surface area contributed by atoms with E-state index >= 15 is 0 Å². The van der Waals surface area contributed by atoms with Gasteiger partial charge in [0.2, 0.25) is 0 Å². The van der Waals surface area contributed by atoms with Crippen molar-refractivity contribution in [2.75, 3.05) is 0 Å². The fraction of sp³-hybridized carbons (Fsp3) is 0.0833. The zero-order chi connectivity index (χ0) is 33.6. The molecule has 7 aromatic rings. The van der Waals surface area contributed by atoms with Crippen LogP contribution in [0, 0.1) is 0 Å². The van der Waals surface area contributed by atoms with Gasteiger partial charge in [0.05, 0.1) is 0 Å². The van der Waals surface area contributed by atoms with Crippen LogP contribution in [0.5, 0.6) is 0 Å². The maximum absolute atomic E-state index is 4.62. The second-order valence-electron chi connectivity index (χ2n) is 13.2. The number of rotatable bonds is 5. The van der Waals surface area contributed by atoms with Crippen LogP contribution in [-0.4, -0.2) is 0 Å². The molecule has 0 nitrogen and oxygen atoms in total. The van der Waals surface area contributed by atoms with Crippen LogP contribution in [0.2, 0.25) is 0 Å². The van der Waals surface area contributed by atoms with Crippen LogP contribution in [-0.2, 0) is 0 Å². The molecule has 2 heteroatoms. The number of thiophene rings is 2. The van der Waals surface area contributed by atoms with E-state index in [4.69, 9.17) is 0 Å². The molecule has 240 valence electrons. The molecular formula is C48H36S2. The standard InChI is InChI=1S/C48H36S2/c1-31(33-16-6-5-7-17-33)26-27-32(2)34-18-8-3-4-9-19-37(36-21-11-10-20-35(34)36)42-30-43-39(46-41-23-13-15-25-45(41)50-48(42)46)28-29-40-38-22-12-14-24-44(38)49-47(40)43/h5-6,8-16,18-30H,1-4,7,17H2/b18-8+,19-9+,27-26-,35-34+,37-36+. The minimum absolute atomic E-state index is 0.969. The Hall–Kier alpha value is -5.28. The Labute approximate surface area is 300 Å². The van der Waals surface area contributed by atoms with E-state index in [1.54, 1.807) is 0 Å². The third-order valence-corrected chi connectivity index (χ3v) is 12.5. The third kappa shape index (κ3) is 5.28. The van der Waals surface area contributed by atoms with Gasteiger partial charge >= 0.3 is 0 Å². The van der Waals surface area contributed by atoms with E-state index in [0.29, 0.717) is 0 Å². The minimum Gasteiger partial charge on any atom is -0.135 e. The van der Waals surface area contributed by atoms with Crippen LogP contribution in [0.15, 0.2) is 176 Å². The molecule has 2 aliphatic carbocycles. The number of fused-ring (bicyclic) bond motifs is 10. The molecule has 0 spiro atoms. The summed E-state index contributed by atoms with van der Waals surface area (Å²) in [5, 5.41) is 10.4. The van der Waals surface area contributed by atoms with Crippen LogP contribution in [0.1, 0.15) is 31.2 Å². The van der Waals surface area contributed by atoms with E-state index in [1.807, 2.05) is 22.7 Å². The Morgan fingerprint density at radius 3 is 2.08 bits per heavy atom. The van der Waals surface area contributed by atoms with Crippen molar-refractivity contribution in [2.45, 2.75) is 25.7 Å². The molecule has 0 atom stereocenters. The van der Waals surface area contributed by atoms with Crippen LogP contribution >= 0.6 is 22.7 Å². The highest BCUT2D eigenvalue weighted by Crippen LogP contribution is 2.46. The van der Waals surface area contributed by atoms with Crippen molar-refractivity contribution in [1.82, 2.24) is 0 Å². The Morgan fingerprint density at radius 2 is 1.26 bits per heavy atom. The molecule has 2 aliphatic rings. The summed E-state index contributed by atoms with van der Waals surface area (Å²) in [7, 11) is 0. The zero-order valence-corrected chi connectivity index (χ0v) is 29.5. The van der Waals surface area contributed by atoms with Crippen molar-refractivity contribution >= 4 is 84.9 Å². The molecule has 0 bridgehead atoms. The van der Waals surface area contributed by atoms with Crippen LogP contribution in [0.25, 0.3) is 62.3 Å². The normalized spacial score (nSPS) is 18.6. The van der Waals surface area contributed by atoms with Gasteiger partial charge in [-0.1, -0.05) is 141 Å². The minimum atomic E-state index is 0.969. The zero-order valence-electron chi connectivity index (χ0n) is 27.9. The predicted octanol–water partition coefficient (Wildman–Crippen LogP) is 12.8. The SMILES string of the molecule is C=C(/C=C\C(=C)C1=c2\cccc\c2=C(c2cc3c(ccc4c5ccccc5sc43)c3c2sc2ccccc23)\C=C\CC\C=C\1)C1=CC=CCC1. The molecule has 0 fully saturated rings. The Kier molecular flexibility index (Phi) is 7.92. The number of hydrogen-bond donors (Lipinski definition) is 0. The first-order valence-electron chi connectivity index (χ1n) is 17.4. The topological polar surface area (TPSA) is 0 Å². The lowest BCUT2D eigenvalue weighted by atomic mass is 9.92. The molecule has 0 saturated carbocycles. The van der Waals surface area contributed by atoms with Gasteiger partial charge in [0.1, 0.15) is 0 Å². The van der Waals surface area contributed by atoms with E-state index in [-0.39, 0.29) is 0 Å². The van der Waals surface area contributed by atoms with E-state index < -0.39 is 0 Å². The smallest absolute Gasteiger partial charge is 0.0440 e. The highest BCUT2D eigenvalue weighted by molar-refractivity contribution is 7.27. The van der Waals surface area contributed by atoms with Crippen LogP contribution in [0.3, 0.4) is 0 Å². The van der Waals surface area contributed by atoms with E-state index in [9.17, 15) is 0 Å². The largest absolute Gasteiger partial charge is 0.135 e. The lowest BCUT2D eigenvalue weighted by Gasteiger charge is -2.13. The van der Waals surface area contributed by atoms with Crippen molar-refractivity contribution < 1.29 is 0 Å². The van der Waals surface area contributed by atoms with Gasteiger partial charge in [-0.2, -0.15) is 0 Å². The number of benzene rings is 5. The van der Waals surface area contributed by atoms with Crippen molar-refractivity contribution in [2.24, 2.45) is 0 Å². The summed E-state index contributed by atoms with van der Waals surface area (Å²) in [4.78, 5) is 0. The maximum atomic E-state index is 4.62. The molecular weight excluding hydrogens is 641 g/mol. The van der Waals surface area contributed by atoms with Gasteiger partial charge in [0.15, 0.2) is 0 Å². The Balaban J connectivity index is 1.36. The molecule has 0 unspecified atom stereocenters. The van der Waals surface area contributed by atoms with E-state index in [0.717, 1.165) is 42.4 Å². The number of hydrogen-bond acceptors (Lipinski definition) is 2. The summed E-state index contributed by atoms with van der Waals surface area (Å²) in [6, 6.07) is 33.8. The van der Waals surface area contributed by atoms with Gasteiger partial charge in [0.25, 0.3) is 0 Å². The van der Waals surface area contributed by atoms with Crippen molar-refractivity contribution in [3.63, 3.8) is 0 Å². The van der Waals surface area contributed by atoms with Crippen LogP contribution < -0.4 is 10.4 Å². The van der Waals surface area contributed by atoms with E-state index in [1.165, 1.54) is 78.3 Å². The molecule has 0 aliphatic heterocycles. The Morgan fingerprint density at radius 1 is 0.580 bits per heavy atom. The lowest BCUT2D eigenvalue weighted by molar-refractivity contribution is 0.979. The average Bonchev–Trinajstić information content (AvgIpc) is 3.75. The second kappa shape index (κ2) is 12.9. The van der Waals surface area contributed by atoms with Gasteiger partial charge in [-0.25, -0.2) is 0 Å². The first-order valence-corrected chi connectivity index (χ1v) is 19.1. The molecule has 0 saturated heterocycles. The molecule has 0 radical (unpaired) electrons. The number of allylic oxidation sites excluding steroid dienone is 12. The molecule has 5 aromatic carbocycles. The first kappa shape index (κ1) is 30.8. The monoisotopic (exact) mass is 676 g/mol. The van der Waals surface area contributed by atoms with Crippen LogP contribution in [0.4, 0.5) is 0 Å². The van der Waals surface area contributed by atoms with Gasteiger partial charge in [-0.3, -0.25) is 0 Å². The van der Waals surface area contributed by atoms with Gasteiger partial charge < -0.3 is 0 Å². The molecule has 50 heavy (non-hydrogen) atoms. The van der Waals surface area contributed by atoms with Gasteiger partial charge in [-0.15, -0.1) is 22.7 Å². The van der Waals surface area contributed by atoms with Crippen molar-refractivity contribution in [3.05, 3.63) is 192 Å². The summed E-state index contributed by atoms with van der Waals surface area (Å²) in [6.45, 7) is 9.01. The quantitative estimate of drug-likeness (QED) is 0.159. The van der Waals surface area contributed by atoms with Gasteiger partial charge in [0, 0.05) is 51.3 Å². The summed E-state index contributed by atoms with van der Waals surface area (Å²) in [5.74, 6) is 0.